The summed E-state index contributed by atoms with van der Waals surface area (Å²) in [4.78, 5) is 33.2. The molecular weight excluding hydrogens is 611 g/mol. The van der Waals surface area contributed by atoms with Crippen molar-refractivity contribution in [3.63, 3.8) is 0 Å². The second kappa shape index (κ2) is 14.1. The number of carbonyl (C=O) groups excluding carboxylic acids is 1. The summed E-state index contributed by atoms with van der Waals surface area (Å²) in [7, 11) is 0. The van der Waals surface area contributed by atoms with E-state index in [-0.39, 0.29) is 12.2 Å². The molecule has 0 unspecified atom stereocenters. The minimum atomic E-state index is -0.767. The summed E-state index contributed by atoms with van der Waals surface area (Å²) in [6, 6.07) is 33.0. The lowest BCUT2D eigenvalue weighted by atomic mass is 9.93. The van der Waals surface area contributed by atoms with Crippen molar-refractivity contribution >= 4 is 29.1 Å². The van der Waals surface area contributed by atoms with E-state index in [1.54, 1.807) is 23.6 Å². The molecule has 0 saturated carbocycles. The predicted octanol–water partition coefficient (Wildman–Crippen LogP) is 5.78. The van der Waals surface area contributed by atoms with E-state index in [1.807, 2.05) is 104 Å². The fourth-order valence-electron chi connectivity index (χ4n) is 5.32. The summed E-state index contributed by atoms with van der Waals surface area (Å²) in [5.74, 6) is 0.841. The lowest BCUT2D eigenvalue weighted by Gasteiger charge is -2.26. The van der Waals surface area contributed by atoms with Crippen LogP contribution in [0.4, 0.5) is 0 Å². The number of rotatable bonds is 10. The van der Waals surface area contributed by atoms with Crippen LogP contribution in [-0.4, -0.2) is 23.8 Å². The van der Waals surface area contributed by atoms with Crippen LogP contribution in [-0.2, 0) is 16.1 Å². The first kappa shape index (κ1) is 31.3. The maximum Gasteiger partial charge on any atom is 0.338 e. The van der Waals surface area contributed by atoms with Crippen LogP contribution in [0.5, 0.6) is 11.5 Å². The van der Waals surface area contributed by atoms with Gasteiger partial charge in [0, 0.05) is 5.56 Å². The second-order valence-corrected chi connectivity index (χ2v) is 11.6. The molecule has 0 fully saturated rings. The number of carbonyl (C=O) groups is 1. The standard InChI is InChI=1S/C38H31N3O5S/c1-3-44-30-20-16-29(17-21-30)35-33(37(43)45-4-2)34(28-8-6-5-7-9-28)40-38-41(35)36(42)32(47-38)22-25-14-18-31(19-15-25)46-24-27-12-10-26(23-39)11-13-27/h5-22,35H,3-4,24H2,1-2H3/b32-22-/t35-/m1/s1. The summed E-state index contributed by atoms with van der Waals surface area (Å²) in [5, 5.41) is 9.00. The molecule has 0 amide bonds. The highest BCUT2D eigenvalue weighted by Crippen LogP contribution is 2.35. The molecule has 1 aliphatic heterocycles. The van der Waals surface area contributed by atoms with E-state index in [9.17, 15) is 9.59 Å². The predicted molar refractivity (Wildman–Crippen MR) is 181 cm³/mol. The van der Waals surface area contributed by atoms with Crippen molar-refractivity contribution in [3.05, 3.63) is 156 Å². The van der Waals surface area contributed by atoms with Gasteiger partial charge in [-0.05, 0) is 73.0 Å². The van der Waals surface area contributed by atoms with Crippen LogP contribution in [0.3, 0.4) is 0 Å². The van der Waals surface area contributed by atoms with Gasteiger partial charge in [0.2, 0.25) is 0 Å². The molecule has 8 nitrogen and oxygen atoms in total. The largest absolute Gasteiger partial charge is 0.494 e. The van der Waals surface area contributed by atoms with Crippen LogP contribution in [0.15, 0.2) is 118 Å². The Hall–Kier alpha value is -5.72. The average Bonchev–Trinajstić information content (AvgIpc) is 3.42. The van der Waals surface area contributed by atoms with Crippen molar-refractivity contribution in [2.75, 3.05) is 13.2 Å². The van der Waals surface area contributed by atoms with Crippen LogP contribution in [0, 0.1) is 11.3 Å². The van der Waals surface area contributed by atoms with Gasteiger partial charge in [-0.15, -0.1) is 0 Å². The molecule has 0 N–H and O–H groups in total. The molecule has 1 atom stereocenters. The summed E-state index contributed by atoms with van der Waals surface area (Å²) in [6.07, 6.45) is 1.82. The number of aromatic nitrogens is 1. The van der Waals surface area contributed by atoms with Gasteiger partial charge in [0.05, 0.1) is 46.7 Å². The highest BCUT2D eigenvalue weighted by atomic mass is 32.1. The van der Waals surface area contributed by atoms with Gasteiger partial charge in [-0.2, -0.15) is 5.26 Å². The molecule has 2 heterocycles. The molecule has 0 saturated heterocycles. The number of nitrogens with zero attached hydrogens (tertiary/aromatic N) is 3. The summed E-state index contributed by atoms with van der Waals surface area (Å²) in [5.41, 5.74) is 4.35. The Kier molecular flexibility index (Phi) is 9.41. The van der Waals surface area contributed by atoms with Gasteiger partial charge in [-0.3, -0.25) is 9.36 Å². The van der Waals surface area contributed by atoms with Gasteiger partial charge >= 0.3 is 5.97 Å². The number of fused-ring (bicyclic) bond motifs is 1. The quantitative estimate of drug-likeness (QED) is 0.179. The third-order valence-corrected chi connectivity index (χ3v) is 8.53. The number of esters is 1. The van der Waals surface area contributed by atoms with Crippen molar-refractivity contribution in [2.45, 2.75) is 26.5 Å². The minimum absolute atomic E-state index is 0.179. The van der Waals surface area contributed by atoms with E-state index in [0.29, 0.717) is 50.9 Å². The van der Waals surface area contributed by atoms with Crippen LogP contribution < -0.4 is 24.4 Å². The zero-order valence-corrected chi connectivity index (χ0v) is 26.7. The Morgan fingerprint density at radius 3 is 2.23 bits per heavy atom. The molecule has 6 rings (SSSR count). The van der Waals surface area contributed by atoms with Crippen LogP contribution in [0.2, 0.25) is 0 Å². The average molecular weight is 642 g/mol. The van der Waals surface area contributed by atoms with Crippen LogP contribution in [0.1, 0.15) is 47.7 Å². The van der Waals surface area contributed by atoms with Crippen molar-refractivity contribution in [3.8, 4) is 17.6 Å². The zero-order chi connectivity index (χ0) is 32.8. The molecule has 234 valence electrons. The third kappa shape index (κ3) is 6.78. The topological polar surface area (TPSA) is 103 Å². The van der Waals surface area contributed by atoms with Crippen molar-refractivity contribution < 1.29 is 19.0 Å². The number of ether oxygens (including phenoxy) is 3. The summed E-state index contributed by atoms with van der Waals surface area (Å²) in [6.45, 7) is 4.73. The number of hydrogen-bond donors (Lipinski definition) is 0. The molecule has 0 spiro atoms. The Morgan fingerprint density at radius 1 is 0.894 bits per heavy atom. The highest BCUT2D eigenvalue weighted by Gasteiger charge is 2.35. The maximum atomic E-state index is 14.2. The lowest BCUT2D eigenvalue weighted by Crippen LogP contribution is -2.40. The third-order valence-electron chi connectivity index (χ3n) is 7.55. The maximum absolute atomic E-state index is 14.2. The number of thiazole rings is 1. The second-order valence-electron chi connectivity index (χ2n) is 10.6. The SMILES string of the molecule is CCOC(=O)C1=C(c2ccccc2)N=c2s/c(=C\c3ccc(OCc4ccc(C#N)cc4)cc3)c(=O)n2[C@@H]1c1ccc(OCC)cc1. The molecule has 9 heteroatoms. The molecular formula is C38H31N3O5S. The van der Waals surface area contributed by atoms with E-state index in [1.165, 1.54) is 11.3 Å². The van der Waals surface area contributed by atoms with Crippen LogP contribution in [0.25, 0.3) is 11.8 Å². The number of benzene rings is 4. The molecule has 5 aromatic rings. The molecule has 47 heavy (non-hydrogen) atoms. The van der Waals surface area contributed by atoms with E-state index in [0.717, 1.165) is 22.3 Å². The van der Waals surface area contributed by atoms with Gasteiger partial charge in [0.25, 0.3) is 5.56 Å². The molecule has 4 aromatic carbocycles. The van der Waals surface area contributed by atoms with E-state index in [2.05, 4.69) is 6.07 Å². The molecule has 0 aliphatic carbocycles. The fraction of sp³-hybridized carbons (Fsp3) is 0.158. The van der Waals surface area contributed by atoms with Gasteiger partial charge in [0.1, 0.15) is 18.1 Å². The monoisotopic (exact) mass is 641 g/mol. The molecule has 1 aromatic heterocycles. The Bertz CT molecular complexity index is 2140. The van der Waals surface area contributed by atoms with Gasteiger partial charge in [0.15, 0.2) is 4.80 Å². The van der Waals surface area contributed by atoms with Gasteiger partial charge < -0.3 is 14.2 Å². The fourth-order valence-corrected chi connectivity index (χ4v) is 6.32. The van der Waals surface area contributed by atoms with Gasteiger partial charge in [-0.1, -0.05) is 78.1 Å². The number of hydrogen-bond acceptors (Lipinski definition) is 8. The van der Waals surface area contributed by atoms with Crippen molar-refractivity contribution in [1.29, 1.82) is 5.26 Å². The smallest absolute Gasteiger partial charge is 0.338 e. The number of nitriles is 1. The Balaban J connectivity index is 1.41. The summed E-state index contributed by atoms with van der Waals surface area (Å²) >= 11 is 1.27. The first-order chi connectivity index (χ1) is 23.0. The molecule has 0 bridgehead atoms. The normalized spacial score (nSPS) is 14.1. The van der Waals surface area contributed by atoms with Crippen molar-refractivity contribution in [1.82, 2.24) is 4.57 Å². The molecule has 0 radical (unpaired) electrons. The lowest BCUT2D eigenvalue weighted by molar-refractivity contribution is -0.138. The first-order valence-corrected chi connectivity index (χ1v) is 16.0. The van der Waals surface area contributed by atoms with Gasteiger partial charge in [-0.25, -0.2) is 9.79 Å². The van der Waals surface area contributed by atoms with Crippen LogP contribution >= 0.6 is 11.3 Å². The first-order valence-electron chi connectivity index (χ1n) is 15.2. The Labute approximate surface area is 275 Å². The van der Waals surface area contributed by atoms with E-state index in [4.69, 9.17) is 24.5 Å². The van der Waals surface area contributed by atoms with E-state index < -0.39 is 12.0 Å². The zero-order valence-electron chi connectivity index (χ0n) is 25.9. The highest BCUT2D eigenvalue weighted by molar-refractivity contribution is 7.07. The van der Waals surface area contributed by atoms with Crippen molar-refractivity contribution in [2.24, 2.45) is 4.99 Å². The van der Waals surface area contributed by atoms with E-state index >= 15 is 0 Å². The Morgan fingerprint density at radius 2 is 1.57 bits per heavy atom. The molecule has 1 aliphatic rings. The summed E-state index contributed by atoms with van der Waals surface area (Å²) < 4.78 is 19.2. The minimum Gasteiger partial charge on any atom is -0.494 e.